The third kappa shape index (κ3) is 6.77. The van der Waals surface area contributed by atoms with Crippen molar-refractivity contribution in [3.8, 4) is 0 Å². The average Bonchev–Trinajstić information content (AvgIpc) is 2.90. The molecule has 0 aromatic carbocycles. The summed E-state index contributed by atoms with van der Waals surface area (Å²) in [6, 6.07) is 0. The smallest absolute Gasteiger partial charge is 0.390 e. The summed E-state index contributed by atoms with van der Waals surface area (Å²) in [7, 11) is -9.73. The van der Waals surface area contributed by atoms with Gasteiger partial charge in [0.2, 0.25) is 0 Å². The van der Waals surface area contributed by atoms with Crippen molar-refractivity contribution in [2.45, 2.75) is 25.2 Å². The van der Waals surface area contributed by atoms with E-state index in [0.717, 1.165) is 28.4 Å². The number of phosphoric ester groups is 2. The van der Waals surface area contributed by atoms with Crippen LogP contribution in [0.4, 0.5) is 0 Å². The zero-order valence-electron chi connectivity index (χ0n) is 14.3. The van der Waals surface area contributed by atoms with Gasteiger partial charge >= 0.3 is 23.5 Å². The topological polar surface area (TPSA) is 145 Å². The summed E-state index contributed by atoms with van der Waals surface area (Å²) < 4.78 is 74.3. The highest BCUT2D eigenvalue weighted by Gasteiger charge is 2.46. The molecule has 5 atom stereocenters. The van der Waals surface area contributed by atoms with Crippen LogP contribution in [-0.4, -0.2) is 58.5 Å². The van der Waals surface area contributed by atoms with Crippen molar-refractivity contribution in [3.63, 3.8) is 0 Å². The summed E-state index contributed by atoms with van der Waals surface area (Å²) in [5.41, 5.74) is 0. The lowest BCUT2D eigenvalue weighted by molar-refractivity contribution is -0.0179. The van der Waals surface area contributed by atoms with Gasteiger partial charge in [-0.1, -0.05) is 0 Å². The van der Waals surface area contributed by atoms with E-state index in [-0.39, 0.29) is 6.10 Å². The Morgan fingerprint density at radius 2 is 1.40 bits per heavy atom. The molecule has 1 saturated heterocycles. The van der Waals surface area contributed by atoms with Crippen LogP contribution in [0.3, 0.4) is 0 Å². The largest absolute Gasteiger partial charge is 0.492 e. The average molecular weight is 427 g/mol. The van der Waals surface area contributed by atoms with E-state index in [1.54, 1.807) is 6.92 Å². The first-order valence-corrected chi connectivity index (χ1v) is 11.2. The standard InChI is InChI=1S/C10H22O12P3/c1-8-6-9(11)10(20-8)7-19-24(13,17-4)22-25(14,18-5)21-23(12,15-2)16-3/h6,8-11H,7H2,1-5H3. The maximum Gasteiger partial charge on any atom is 0.492 e. The zero-order valence-corrected chi connectivity index (χ0v) is 17.0. The van der Waals surface area contributed by atoms with Gasteiger partial charge in [-0.2, -0.15) is 8.62 Å². The normalized spacial score (nSPS) is 29.3. The van der Waals surface area contributed by atoms with E-state index in [1.165, 1.54) is 6.42 Å². The molecule has 0 aromatic rings. The molecule has 1 aliphatic heterocycles. The number of hydrogen-bond acceptors (Lipinski definition) is 12. The van der Waals surface area contributed by atoms with Crippen LogP contribution in [0.5, 0.6) is 0 Å². The summed E-state index contributed by atoms with van der Waals surface area (Å²) in [4.78, 5) is 0. The molecule has 1 heterocycles. The second kappa shape index (κ2) is 9.50. The highest BCUT2D eigenvalue weighted by Crippen LogP contribution is 2.72. The molecule has 15 heteroatoms. The molecule has 1 N–H and O–H groups in total. The minimum absolute atomic E-state index is 0.339. The van der Waals surface area contributed by atoms with Gasteiger partial charge in [-0.05, 0) is 6.92 Å². The van der Waals surface area contributed by atoms with Gasteiger partial charge in [-0.15, -0.1) is 0 Å². The highest BCUT2D eigenvalue weighted by atomic mass is 31.3. The van der Waals surface area contributed by atoms with Crippen LogP contribution < -0.4 is 0 Å². The van der Waals surface area contributed by atoms with Crippen LogP contribution in [-0.2, 0) is 49.7 Å². The number of aliphatic hydroxyl groups is 1. The minimum Gasteiger partial charge on any atom is -0.390 e. The lowest BCUT2D eigenvalue weighted by Gasteiger charge is -2.24. The summed E-state index contributed by atoms with van der Waals surface area (Å²) in [6.45, 7) is 1.28. The SMILES string of the molecule is COP(=O)(OC)OP(=O)(OC)OP(=O)(OC)OCC1OC(C)[CH]C1O. The molecular weight excluding hydrogens is 405 g/mol. The molecular formula is C10H22O12P3. The Labute approximate surface area is 145 Å². The van der Waals surface area contributed by atoms with Crippen molar-refractivity contribution in [1.82, 2.24) is 0 Å². The van der Waals surface area contributed by atoms with Gasteiger partial charge in [0.15, 0.2) is 0 Å². The fourth-order valence-electron chi connectivity index (χ4n) is 1.68. The van der Waals surface area contributed by atoms with E-state index in [9.17, 15) is 18.8 Å². The Balaban J connectivity index is 2.80. The molecule has 25 heavy (non-hydrogen) atoms. The maximum absolute atomic E-state index is 12.4. The fraction of sp³-hybridized carbons (Fsp3) is 0.900. The Morgan fingerprint density at radius 1 is 0.920 bits per heavy atom. The van der Waals surface area contributed by atoms with Crippen LogP contribution in [0.25, 0.3) is 0 Å². The van der Waals surface area contributed by atoms with E-state index < -0.39 is 42.3 Å². The summed E-state index contributed by atoms with van der Waals surface area (Å²) in [6.07, 6.45) is -0.639. The number of phosphoric acid groups is 3. The maximum atomic E-state index is 12.4. The van der Waals surface area contributed by atoms with E-state index >= 15 is 0 Å². The van der Waals surface area contributed by atoms with Gasteiger partial charge in [0.25, 0.3) is 0 Å². The van der Waals surface area contributed by atoms with Gasteiger partial charge in [-0.25, -0.2) is 13.7 Å². The van der Waals surface area contributed by atoms with Gasteiger partial charge < -0.3 is 9.84 Å². The molecule has 12 nitrogen and oxygen atoms in total. The molecule has 0 spiro atoms. The van der Waals surface area contributed by atoms with E-state index in [1.807, 2.05) is 0 Å². The Kier molecular flexibility index (Phi) is 8.88. The third-order valence-electron chi connectivity index (χ3n) is 2.93. The van der Waals surface area contributed by atoms with Crippen LogP contribution in [0.15, 0.2) is 0 Å². The number of ether oxygens (including phenoxy) is 1. The van der Waals surface area contributed by atoms with Crippen molar-refractivity contribution < 1.29 is 54.8 Å². The van der Waals surface area contributed by atoms with Crippen LogP contribution in [0.2, 0.25) is 0 Å². The first-order valence-electron chi connectivity index (χ1n) is 6.83. The van der Waals surface area contributed by atoms with Crippen molar-refractivity contribution in [3.05, 3.63) is 6.42 Å². The second-order valence-corrected chi connectivity index (χ2v) is 10.3. The molecule has 0 amide bonds. The van der Waals surface area contributed by atoms with Crippen molar-refractivity contribution in [2.24, 2.45) is 0 Å². The van der Waals surface area contributed by atoms with Gasteiger partial charge in [0.1, 0.15) is 6.10 Å². The van der Waals surface area contributed by atoms with Gasteiger partial charge in [0.05, 0.1) is 18.8 Å². The molecule has 0 saturated carbocycles. The number of hydrogen-bond donors (Lipinski definition) is 1. The number of rotatable bonds is 11. The minimum atomic E-state index is -4.72. The Bertz CT molecular complexity index is 559. The lowest BCUT2D eigenvalue weighted by atomic mass is 10.1. The summed E-state index contributed by atoms with van der Waals surface area (Å²) in [5.74, 6) is 0. The molecule has 0 aromatic heterocycles. The summed E-state index contributed by atoms with van der Waals surface area (Å²) in [5, 5.41) is 9.72. The molecule has 1 radical (unpaired) electrons. The molecule has 5 unspecified atom stereocenters. The molecule has 1 fully saturated rings. The van der Waals surface area contributed by atoms with E-state index in [2.05, 4.69) is 26.7 Å². The highest BCUT2D eigenvalue weighted by molar-refractivity contribution is 7.67. The molecule has 1 aliphatic rings. The second-order valence-electron chi connectivity index (χ2n) is 4.59. The zero-order chi connectivity index (χ0) is 19.3. The first-order chi connectivity index (χ1) is 11.5. The molecule has 1 rings (SSSR count). The molecule has 0 bridgehead atoms. The van der Waals surface area contributed by atoms with Gasteiger partial charge in [0, 0.05) is 34.9 Å². The first kappa shape index (κ1) is 23.4. The fourth-order valence-corrected chi connectivity index (χ4v) is 6.14. The van der Waals surface area contributed by atoms with Crippen LogP contribution >= 0.6 is 23.5 Å². The molecule has 0 aliphatic carbocycles. The predicted molar refractivity (Wildman–Crippen MR) is 83.6 cm³/mol. The monoisotopic (exact) mass is 427 g/mol. The quantitative estimate of drug-likeness (QED) is 0.483. The van der Waals surface area contributed by atoms with E-state index in [4.69, 9.17) is 9.26 Å². The third-order valence-corrected chi connectivity index (χ3v) is 8.38. The Morgan fingerprint density at radius 3 is 1.80 bits per heavy atom. The van der Waals surface area contributed by atoms with Crippen LogP contribution in [0, 0.1) is 6.42 Å². The van der Waals surface area contributed by atoms with Crippen molar-refractivity contribution >= 4 is 23.5 Å². The van der Waals surface area contributed by atoms with Crippen LogP contribution in [0.1, 0.15) is 6.92 Å². The van der Waals surface area contributed by atoms with E-state index in [0.29, 0.717) is 0 Å². The number of aliphatic hydroxyl groups excluding tert-OH is 1. The summed E-state index contributed by atoms with van der Waals surface area (Å²) >= 11 is 0. The van der Waals surface area contributed by atoms with Crippen molar-refractivity contribution in [2.75, 3.05) is 35.0 Å². The molecule has 149 valence electrons. The van der Waals surface area contributed by atoms with Gasteiger partial charge in [-0.3, -0.25) is 22.6 Å². The van der Waals surface area contributed by atoms with Crippen molar-refractivity contribution in [1.29, 1.82) is 0 Å². The predicted octanol–water partition coefficient (Wildman–Crippen LogP) is 2.30. The lowest BCUT2D eigenvalue weighted by Crippen LogP contribution is -2.26. The Hall–Kier alpha value is 0.330.